The van der Waals surface area contributed by atoms with Gasteiger partial charge in [0, 0.05) is 37.9 Å². The Kier molecular flexibility index (Phi) is 6.38. The van der Waals surface area contributed by atoms with E-state index in [1.165, 1.54) is 43.4 Å². The summed E-state index contributed by atoms with van der Waals surface area (Å²) in [5, 5.41) is 7.74. The maximum atomic E-state index is 12.7. The summed E-state index contributed by atoms with van der Waals surface area (Å²) in [4.78, 5) is 31.4. The highest BCUT2D eigenvalue weighted by Crippen LogP contribution is 2.22. The first-order chi connectivity index (χ1) is 14.4. The Morgan fingerprint density at radius 1 is 0.967 bits per heavy atom. The minimum Gasteiger partial charge on any atom is -0.354 e. The number of nitrogens with one attached hydrogen (secondary N) is 3. The number of benzene rings is 1. The molecule has 0 saturated heterocycles. The molecule has 2 aromatic heterocycles. The standard InChI is InChI=1S/C20H19N5O4S/c1-21-19(26)18-9-8-17(13-23-18)30(28,29)16-6-4-15(5-7-16)25-20(27)24-12-14-3-2-10-22-11-14/h2-11,13H,12H2,1H3,(H,21,26)(H2,24,25,27). The molecule has 3 rings (SSSR count). The van der Waals surface area contributed by atoms with Crippen LogP contribution in [0, 0.1) is 0 Å². The molecule has 0 fully saturated rings. The van der Waals surface area contributed by atoms with E-state index < -0.39 is 21.8 Å². The van der Waals surface area contributed by atoms with Gasteiger partial charge in [0.1, 0.15) is 5.69 Å². The Balaban J connectivity index is 1.65. The van der Waals surface area contributed by atoms with E-state index in [1.54, 1.807) is 18.5 Å². The molecular weight excluding hydrogens is 406 g/mol. The van der Waals surface area contributed by atoms with Crippen LogP contribution in [0.3, 0.4) is 0 Å². The molecule has 3 amide bonds. The van der Waals surface area contributed by atoms with Crippen molar-refractivity contribution >= 4 is 27.5 Å². The summed E-state index contributed by atoms with van der Waals surface area (Å²) in [5.41, 5.74) is 1.41. The molecule has 154 valence electrons. The fourth-order valence-corrected chi connectivity index (χ4v) is 3.72. The van der Waals surface area contributed by atoms with Crippen LogP contribution < -0.4 is 16.0 Å². The Labute approximate surface area is 173 Å². The van der Waals surface area contributed by atoms with Gasteiger partial charge in [-0.15, -0.1) is 0 Å². The summed E-state index contributed by atoms with van der Waals surface area (Å²) in [6.07, 6.45) is 4.43. The van der Waals surface area contributed by atoms with Crippen LogP contribution in [0.25, 0.3) is 0 Å². The van der Waals surface area contributed by atoms with Crippen LogP contribution in [0.5, 0.6) is 0 Å². The fourth-order valence-electron chi connectivity index (χ4n) is 2.52. The zero-order chi connectivity index (χ0) is 21.6. The van der Waals surface area contributed by atoms with E-state index in [2.05, 4.69) is 25.9 Å². The molecule has 0 unspecified atom stereocenters. The van der Waals surface area contributed by atoms with Gasteiger partial charge in [0.05, 0.1) is 9.79 Å². The quantitative estimate of drug-likeness (QED) is 0.554. The highest BCUT2D eigenvalue weighted by atomic mass is 32.2. The Hall–Kier alpha value is -3.79. The van der Waals surface area contributed by atoms with Gasteiger partial charge in [-0.2, -0.15) is 0 Å². The topological polar surface area (TPSA) is 130 Å². The maximum Gasteiger partial charge on any atom is 0.319 e. The summed E-state index contributed by atoms with van der Waals surface area (Å²) in [6, 6.07) is 11.6. The van der Waals surface area contributed by atoms with Gasteiger partial charge in [0.15, 0.2) is 0 Å². The number of nitrogens with zero attached hydrogens (tertiary/aromatic N) is 2. The van der Waals surface area contributed by atoms with Gasteiger partial charge >= 0.3 is 6.03 Å². The van der Waals surface area contributed by atoms with Crippen molar-refractivity contribution in [1.29, 1.82) is 0 Å². The third-order valence-electron chi connectivity index (χ3n) is 4.10. The molecule has 0 saturated carbocycles. The zero-order valence-corrected chi connectivity index (χ0v) is 16.8. The number of sulfone groups is 1. The molecule has 0 radical (unpaired) electrons. The molecule has 3 aromatic rings. The molecule has 0 aliphatic heterocycles. The number of hydrogen-bond donors (Lipinski definition) is 3. The smallest absolute Gasteiger partial charge is 0.319 e. The lowest BCUT2D eigenvalue weighted by molar-refractivity contribution is 0.0958. The third kappa shape index (κ3) is 4.97. The van der Waals surface area contributed by atoms with Crippen LogP contribution in [0.15, 0.2) is 76.9 Å². The zero-order valence-electron chi connectivity index (χ0n) is 16.0. The highest BCUT2D eigenvalue weighted by molar-refractivity contribution is 7.91. The van der Waals surface area contributed by atoms with Crippen LogP contribution in [-0.2, 0) is 16.4 Å². The van der Waals surface area contributed by atoms with Gasteiger partial charge in [0.25, 0.3) is 5.91 Å². The van der Waals surface area contributed by atoms with Crippen molar-refractivity contribution in [3.05, 3.63) is 78.4 Å². The predicted octanol–water partition coefficient (Wildman–Crippen LogP) is 1.99. The first-order valence-electron chi connectivity index (χ1n) is 8.87. The Morgan fingerprint density at radius 3 is 2.30 bits per heavy atom. The van der Waals surface area contributed by atoms with Crippen LogP contribution in [0.1, 0.15) is 16.1 Å². The van der Waals surface area contributed by atoms with E-state index >= 15 is 0 Å². The monoisotopic (exact) mass is 425 g/mol. The third-order valence-corrected chi connectivity index (χ3v) is 5.86. The first kappa shape index (κ1) is 20.9. The molecule has 10 heteroatoms. The summed E-state index contributed by atoms with van der Waals surface area (Å²) in [5.74, 6) is -0.406. The number of urea groups is 1. The summed E-state index contributed by atoms with van der Waals surface area (Å²) in [7, 11) is -2.35. The van der Waals surface area contributed by atoms with Gasteiger partial charge in [-0.05, 0) is 48.0 Å². The minimum atomic E-state index is -3.81. The number of hydrogen-bond acceptors (Lipinski definition) is 6. The molecule has 9 nitrogen and oxygen atoms in total. The van der Waals surface area contributed by atoms with Crippen LogP contribution in [-0.4, -0.2) is 37.4 Å². The van der Waals surface area contributed by atoms with E-state index in [0.29, 0.717) is 12.2 Å². The number of carbonyl (C=O) groups excluding carboxylic acids is 2. The van der Waals surface area contributed by atoms with Gasteiger partial charge in [0.2, 0.25) is 9.84 Å². The van der Waals surface area contributed by atoms with Crippen molar-refractivity contribution in [2.45, 2.75) is 16.3 Å². The summed E-state index contributed by atoms with van der Waals surface area (Å²) in [6.45, 7) is 0.311. The Bertz CT molecular complexity index is 1130. The second-order valence-corrected chi connectivity index (χ2v) is 8.10. The number of anilines is 1. The van der Waals surface area contributed by atoms with Crippen molar-refractivity contribution in [1.82, 2.24) is 20.6 Å². The number of carbonyl (C=O) groups is 2. The average molecular weight is 425 g/mol. The highest BCUT2D eigenvalue weighted by Gasteiger charge is 2.19. The number of amides is 3. The van der Waals surface area contributed by atoms with Crippen molar-refractivity contribution < 1.29 is 18.0 Å². The van der Waals surface area contributed by atoms with Gasteiger partial charge in [-0.1, -0.05) is 6.07 Å². The van der Waals surface area contributed by atoms with Crippen molar-refractivity contribution in [2.24, 2.45) is 0 Å². The minimum absolute atomic E-state index is 0.0370. The summed E-state index contributed by atoms with van der Waals surface area (Å²) < 4.78 is 25.5. The van der Waals surface area contributed by atoms with Gasteiger partial charge in [-0.25, -0.2) is 18.2 Å². The van der Waals surface area contributed by atoms with E-state index in [-0.39, 0.29) is 15.5 Å². The maximum absolute atomic E-state index is 12.7. The van der Waals surface area contributed by atoms with Crippen molar-refractivity contribution in [3.8, 4) is 0 Å². The number of aromatic nitrogens is 2. The van der Waals surface area contributed by atoms with E-state index in [4.69, 9.17) is 0 Å². The lowest BCUT2D eigenvalue weighted by Gasteiger charge is -2.09. The average Bonchev–Trinajstić information content (AvgIpc) is 2.78. The SMILES string of the molecule is CNC(=O)c1ccc(S(=O)(=O)c2ccc(NC(=O)NCc3cccnc3)cc2)cn1. The van der Waals surface area contributed by atoms with Crippen LogP contribution in [0.2, 0.25) is 0 Å². The molecule has 0 bridgehead atoms. The predicted molar refractivity (Wildman–Crippen MR) is 110 cm³/mol. The number of pyridine rings is 2. The van der Waals surface area contributed by atoms with E-state index in [9.17, 15) is 18.0 Å². The molecule has 0 spiro atoms. The molecule has 1 aromatic carbocycles. The molecular formula is C20H19N5O4S. The molecule has 30 heavy (non-hydrogen) atoms. The lowest BCUT2D eigenvalue weighted by Crippen LogP contribution is -2.28. The van der Waals surface area contributed by atoms with E-state index in [1.807, 2.05) is 6.07 Å². The summed E-state index contributed by atoms with van der Waals surface area (Å²) >= 11 is 0. The molecule has 3 N–H and O–H groups in total. The number of rotatable bonds is 6. The molecule has 0 aliphatic carbocycles. The second-order valence-electron chi connectivity index (χ2n) is 6.16. The van der Waals surface area contributed by atoms with Crippen LogP contribution >= 0.6 is 0 Å². The van der Waals surface area contributed by atoms with Crippen LogP contribution in [0.4, 0.5) is 10.5 Å². The Morgan fingerprint density at radius 2 is 1.70 bits per heavy atom. The van der Waals surface area contributed by atoms with Crippen molar-refractivity contribution in [2.75, 3.05) is 12.4 Å². The molecule has 2 heterocycles. The van der Waals surface area contributed by atoms with Crippen molar-refractivity contribution in [3.63, 3.8) is 0 Å². The molecule has 0 aliphatic rings. The van der Waals surface area contributed by atoms with E-state index in [0.717, 1.165) is 11.8 Å². The largest absolute Gasteiger partial charge is 0.354 e. The fraction of sp³-hybridized carbons (Fsp3) is 0.100. The van der Waals surface area contributed by atoms with Gasteiger partial charge in [-0.3, -0.25) is 9.78 Å². The van der Waals surface area contributed by atoms with Gasteiger partial charge < -0.3 is 16.0 Å². The normalized spacial score (nSPS) is 10.8. The first-order valence-corrected chi connectivity index (χ1v) is 10.4. The second kappa shape index (κ2) is 9.14. The lowest BCUT2D eigenvalue weighted by atomic mass is 10.3. The molecule has 0 atom stereocenters.